The van der Waals surface area contributed by atoms with Gasteiger partial charge >= 0.3 is 5.97 Å². The Morgan fingerprint density at radius 1 is 1.28 bits per heavy atom. The number of aromatic nitrogens is 1. The van der Waals surface area contributed by atoms with E-state index in [1.165, 1.54) is 0 Å². The van der Waals surface area contributed by atoms with E-state index in [4.69, 9.17) is 9.47 Å². The lowest BCUT2D eigenvalue weighted by atomic mass is 10.1. The van der Waals surface area contributed by atoms with Crippen LogP contribution in [0.1, 0.15) is 50.2 Å². The minimum Gasteiger partial charge on any atom is -0.491 e. The van der Waals surface area contributed by atoms with Crippen molar-refractivity contribution in [1.82, 2.24) is 10.3 Å². The van der Waals surface area contributed by atoms with Crippen molar-refractivity contribution in [2.75, 3.05) is 20.7 Å². The summed E-state index contributed by atoms with van der Waals surface area (Å²) in [5, 5.41) is 13.0. The Morgan fingerprint density at radius 2 is 1.92 bits per heavy atom. The van der Waals surface area contributed by atoms with Crippen LogP contribution in [0.25, 0.3) is 10.9 Å². The Balaban J connectivity index is 0.000000970. The molecule has 1 aromatic carbocycles. The molecule has 0 spiro atoms. The summed E-state index contributed by atoms with van der Waals surface area (Å²) in [4.78, 5) is 14.4. The summed E-state index contributed by atoms with van der Waals surface area (Å²) in [5.41, 5.74) is 1.85. The number of carboxylic acid groups (broad SMARTS) is 1. The first-order valence-electron chi connectivity index (χ1n) is 8.69. The summed E-state index contributed by atoms with van der Waals surface area (Å²) < 4.78 is 11.5. The molecule has 0 fully saturated rings. The minimum atomic E-state index is -1.02. The molecule has 3 N–H and O–H groups in total. The molecule has 0 atom stereocenters. The van der Waals surface area contributed by atoms with Gasteiger partial charge in [-0.05, 0) is 52.4 Å². The molecule has 2 rings (SSSR count). The van der Waals surface area contributed by atoms with Gasteiger partial charge in [-0.15, -0.1) is 0 Å². The third kappa shape index (κ3) is 5.39. The van der Waals surface area contributed by atoms with Crippen molar-refractivity contribution in [2.45, 2.75) is 46.6 Å². The summed E-state index contributed by atoms with van der Waals surface area (Å²) in [5.74, 6) is 0.146. The summed E-state index contributed by atoms with van der Waals surface area (Å²) >= 11 is 0. The number of carbonyl (C=O) groups is 1. The van der Waals surface area contributed by atoms with Crippen molar-refractivity contribution in [3.05, 3.63) is 23.4 Å². The number of rotatable bonds is 7. The lowest BCUT2D eigenvalue weighted by molar-refractivity contribution is 0.0687. The van der Waals surface area contributed by atoms with Gasteiger partial charge in [0.2, 0.25) is 0 Å². The molecule has 0 aliphatic rings. The van der Waals surface area contributed by atoms with E-state index < -0.39 is 5.97 Å². The highest BCUT2D eigenvalue weighted by molar-refractivity contribution is 6.02. The maximum atomic E-state index is 11.5. The zero-order valence-corrected chi connectivity index (χ0v) is 16.0. The topological polar surface area (TPSA) is 83.6 Å². The zero-order valence-electron chi connectivity index (χ0n) is 16.0. The summed E-state index contributed by atoms with van der Waals surface area (Å²) in [6.45, 7) is 8.43. The van der Waals surface area contributed by atoms with E-state index in [9.17, 15) is 9.90 Å². The Hall–Kier alpha value is -2.21. The largest absolute Gasteiger partial charge is 0.491 e. The summed E-state index contributed by atoms with van der Waals surface area (Å²) in [7, 11) is 3.75. The quantitative estimate of drug-likeness (QED) is 0.706. The van der Waals surface area contributed by atoms with Crippen LogP contribution in [-0.4, -0.2) is 42.9 Å². The highest BCUT2D eigenvalue weighted by atomic mass is 16.5. The molecule has 25 heavy (non-hydrogen) atoms. The molecule has 0 aliphatic heterocycles. The number of fused-ring (bicyclic) bond motifs is 1. The maximum Gasteiger partial charge on any atom is 0.356 e. The molecular formula is C19H30N2O4. The lowest BCUT2D eigenvalue weighted by Gasteiger charge is -2.12. The average Bonchev–Trinajstić information content (AvgIpc) is 2.91. The van der Waals surface area contributed by atoms with Gasteiger partial charge in [0, 0.05) is 11.5 Å². The standard InChI is InChI=1S/C17H23NO4.C2H7N/c1-5-7-21-16-14-11(6-2)8-12(22-10(3)4)9-13(14)18-15(16)17(19)20;1-3-2/h8-10,18H,5-7H2,1-4H3,(H,19,20);3H,1-2H3. The number of aromatic carboxylic acids is 1. The van der Waals surface area contributed by atoms with Crippen LogP contribution in [0, 0.1) is 0 Å². The predicted molar refractivity (Wildman–Crippen MR) is 101 cm³/mol. The van der Waals surface area contributed by atoms with Gasteiger partial charge in [-0.25, -0.2) is 4.79 Å². The van der Waals surface area contributed by atoms with Gasteiger partial charge in [0.25, 0.3) is 0 Å². The first-order valence-corrected chi connectivity index (χ1v) is 8.69. The first-order chi connectivity index (χ1) is 11.9. The van der Waals surface area contributed by atoms with Crippen molar-refractivity contribution >= 4 is 16.9 Å². The monoisotopic (exact) mass is 350 g/mol. The molecule has 0 radical (unpaired) electrons. The smallest absolute Gasteiger partial charge is 0.356 e. The molecule has 0 amide bonds. The van der Waals surface area contributed by atoms with Crippen molar-refractivity contribution in [2.24, 2.45) is 0 Å². The third-order valence-electron chi connectivity index (χ3n) is 3.32. The molecule has 1 aromatic heterocycles. The summed E-state index contributed by atoms with van der Waals surface area (Å²) in [6, 6.07) is 3.79. The maximum absolute atomic E-state index is 11.5. The average molecular weight is 350 g/mol. The SMILES string of the molecule is CCCOc1c(C(=O)O)[nH]c2cc(OC(C)C)cc(CC)c12.CNC. The van der Waals surface area contributed by atoms with Crippen LogP contribution in [0.15, 0.2) is 12.1 Å². The minimum absolute atomic E-state index is 0.0619. The van der Waals surface area contributed by atoms with E-state index in [1.54, 1.807) is 0 Å². The van der Waals surface area contributed by atoms with Crippen molar-refractivity contribution in [3.63, 3.8) is 0 Å². The van der Waals surface area contributed by atoms with Gasteiger partial charge in [0.15, 0.2) is 11.4 Å². The van der Waals surface area contributed by atoms with Crippen LogP contribution >= 0.6 is 0 Å². The number of ether oxygens (including phenoxy) is 2. The molecule has 6 heteroatoms. The molecule has 0 bridgehead atoms. The second-order valence-electron chi connectivity index (χ2n) is 6.01. The van der Waals surface area contributed by atoms with Gasteiger partial charge in [0.1, 0.15) is 5.75 Å². The van der Waals surface area contributed by atoms with Gasteiger partial charge in [0.05, 0.1) is 18.2 Å². The Morgan fingerprint density at radius 3 is 2.40 bits per heavy atom. The fraction of sp³-hybridized carbons (Fsp3) is 0.526. The Bertz CT molecular complexity index is 692. The van der Waals surface area contributed by atoms with Crippen LogP contribution in [0.4, 0.5) is 0 Å². The molecule has 2 aromatic rings. The third-order valence-corrected chi connectivity index (χ3v) is 3.32. The number of hydrogen-bond donors (Lipinski definition) is 3. The Kier molecular flexibility index (Phi) is 8.28. The fourth-order valence-electron chi connectivity index (χ4n) is 2.47. The molecular weight excluding hydrogens is 320 g/mol. The Labute approximate surface area is 149 Å². The van der Waals surface area contributed by atoms with Crippen LogP contribution < -0.4 is 14.8 Å². The molecule has 1 heterocycles. The van der Waals surface area contributed by atoms with E-state index in [1.807, 2.05) is 53.9 Å². The molecule has 0 saturated carbocycles. The van der Waals surface area contributed by atoms with Gasteiger partial charge in [-0.2, -0.15) is 0 Å². The van der Waals surface area contributed by atoms with Crippen LogP contribution in [0.5, 0.6) is 11.5 Å². The molecule has 6 nitrogen and oxygen atoms in total. The lowest BCUT2D eigenvalue weighted by Crippen LogP contribution is -2.05. The second-order valence-corrected chi connectivity index (χ2v) is 6.01. The zero-order chi connectivity index (χ0) is 19.0. The van der Waals surface area contributed by atoms with Crippen molar-refractivity contribution < 1.29 is 19.4 Å². The van der Waals surface area contributed by atoms with Crippen LogP contribution in [-0.2, 0) is 6.42 Å². The van der Waals surface area contributed by atoms with E-state index in [0.717, 1.165) is 35.1 Å². The van der Waals surface area contributed by atoms with Crippen molar-refractivity contribution in [3.8, 4) is 11.5 Å². The number of H-pyrrole nitrogens is 1. The second kappa shape index (κ2) is 9.93. The molecule has 0 aliphatic carbocycles. The first kappa shape index (κ1) is 20.8. The van der Waals surface area contributed by atoms with Gasteiger partial charge in [-0.1, -0.05) is 13.8 Å². The van der Waals surface area contributed by atoms with E-state index in [0.29, 0.717) is 12.4 Å². The molecule has 0 saturated heterocycles. The van der Waals surface area contributed by atoms with Crippen LogP contribution in [0.2, 0.25) is 0 Å². The fourth-order valence-corrected chi connectivity index (χ4v) is 2.47. The number of aromatic amines is 1. The number of nitrogens with one attached hydrogen (secondary N) is 2. The van der Waals surface area contributed by atoms with Crippen LogP contribution in [0.3, 0.4) is 0 Å². The number of benzene rings is 1. The van der Waals surface area contributed by atoms with E-state index in [2.05, 4.69) is 10.3 Å². The van der Waals surface area contributed by atoms with E-state index >= 15 is 0 Å². The summed E-state index contributed by atoms with van der Waals surface area (Å²) in [6.07, 6.45) is 1.65. The van der Waals surface area contributed by atoms with Gasteiger partial charge in [-0.3, -0.25) is 0 Å². The van der Waals surface area contributed by atoms with E-state index in [-0.39, 0.29) is 11.8 Å². The number of aryl methyl sites for hydroxylation is 1. The number of hydrogen-bond acceptors (Lipinski definition) is 4. The van der Waals surface area contributed by atoms with Gasteiger partial charge < -0.3 is 24.9 Å². The molecule has 0 unspecified atom stereocenters. The van der Waals surface area contributed by atoms with Crippen molar-refractivity contribution in [1.29, 1.82) is 0 Å². The highest BCUT2D eigenvalue weighted by Gasteiger charge is 2.21. The predicted octanol–water partition coefficient (Wildman–Crippen LogP) is 3.84. The normalized spacial score (nSPS) is 10.5. The molecule has 140 valence electrons. The number of carboxylic acids is 1. The highest BCUT2D eigenvalue weighted by Crippen LogP contribution is 2.36.